The maximum Gasteiger partial charge on any atom is 0.333 e. The Hall–Kier alpha value is -0.830. The topological polar surface area (TPSA) is 52.3 Å². The molecule has 0 aliphatic heterocycles. The molecule has 1 atom stereocenters. The van der Waals surface area contributed by atoms with Gasteiger partial charge < -0.3 is 10.5 Å². The molecular weight excluding hydrogens is 142 g/mol. The van der Waals surface area contributed by atoms with Crippen molar-refractivity contribution in [2.24, 2.45) is 5.73 Å². The number of hydrogen-bond donors (Lipinski definition) is 1. The van der Waals surface area contributed by atoms with E-state index in [0.29, 0.717) is 18.6 Å². The number of ether oxygens (including phenoxy) is 1. The van der Waals surface area contributed by atoms with Gasteiger partial charge in [-0.15, -0.1) is 0 Å². The van der Waals surface area contributed by atoms with Gasteiger partial charge in [-0.2, -0.15) is 0 Å². The summed E-state index contributed by atoms with van der Waals surface area (Å²) in [7, 11) is 0. The van der Waals surface area contributed by atoms with Gasteiger partial charge in [0.2, 0.25) is 0 Å². The average molecular weight is 157 g/mol. The second-order valence-corrected chi connectivity index (χ2v) is 2.68. The standard InChI is InChI=1S/C8H15NO2/c1-6(2)8(10)11-5-4-7(3)9/h7H,1,4-5,9H2,2-3H3. The van der Waals surface area contributed by atoms with Gasteiger partial charge >= 0.3 is 5.97 Å². The second-order valence-electron chi connectivity index (χ2n) is 2.68. The van der Waals surface area contributed by atoms with E-state index in [2.05, 4.69) is 6.58 Å². The predicted octanol–water partition coefficient (Wildman–Crippen LogP) is 0.843. The largest absolute Gasteiger partial charge is 0.462 e. The van der Waals surface area contributed by atoms with E-state index in [4.69, 9.17) is 10.5 Å². The molecule has 0 aromatic rings. The van der Waals surface area contributed by atoms with Gasteiger partial charge in [-0.25, -0.2) is 4.79 Å². The Bertz CT molecular complexity index is 152. The number of esters is 1. The molecule has 0 aromatic heterocycles. The highest BCUT2D eigenvalue weighted by atomic mass is 16.5. The molecule has 0 aliphatic carbocycles. The zero-order valence-electron chi connectivity index (χ0n) is 7.09. The molecule has 0 aromatic carbocycles. The van der Waals surface area contributed by atoms with Crippen molar-refractivity contribution in [3.63, 3.8) is 0 Å². The SMILES string of the molecule is C=C(C)C(=O)OCCC(C)N. The fourth-order valence-electron chi connectivity index (χ4n) is 0.461. The fraction of sp³-hybridized carbons (Fsp3) is 0.625. The van der Waals surface area contributed by atoms with Gasteiger partial charge in [0.05, 0.1) is 6.61 Å². The molecule has 0 bridgehead atoms. The molecule has 0 saturated carbocycles. The Kier molecular flexibility index (Phi) is 4.54. The summed E-state index contributed by atoms with van der Waals surface area (Å²) in [6.07, 6.45) is 0.693. The van der Waals surface area contributed by atoms with Gasteiger partial charge in [0.15, 0.2) is 0 Å². The molecule has 0 radical (unpaired) electrons. The molecule has 2 N–H and O–H groups in total. The summed E-state index contributed by atoms with van der Waals surface area (Å²) in [5.41, 5.74) is 5.87. The minimum atomic E-state index is -0.342. The summed E-state index contributed by atoms with van der Waals surface area (Å²) >= 11 is 0. The molecule has 3 nitrogen and oxygen atoms in total. The predicted molar refractivity (Wildman–Crippen MR) is 44.0 cm³/mol. The third-order valence-corrected chi connectivity index (χ3v) is 1.15. The zero-order chi connectivity index (χ0) is 8.85. The Morgan fingerprint density at radius 1 is 1.73 bits per heavy atom. The molecule has 0 aliphatic rings. The summed E-state index contributed by atoms with van der Waals surface area (Å²) in [6, 6.07) is 0.0768. The Morgan fingerprint density at radius 3 is 2.64 bits per heavy atom. The molecular formula is C8H15NO2. The van der Waals surface area contributed by atoms with Gasteiger partial charge in [0.1, 0.15) is 0 Å². The summed E-state index contributed by atoms with van der Waals surface area (Å²) in [5, 5.41) is 0. The van der Waals surface area contributed by atoms with Crippen LogP contribution < -0.4 is 5.73 Å². The minimum absolute atomic E-state index is 0.0768. The van der Waals surface area contributed by atoms with Crippen molar-refractivity contribution < 1.29 is 9.53 Å². The highest BCUT2D eigenvalue weighted by molar-refractivity contribution is 5.86. The van der Waals surface area contributed by atoms with Crippen LogP contribution in [0.1, 0.15) is 20.3 Å². The van der Waals surface area contributed by atoms with Crippen LogP contribution in [0.5, 0.6) is 0 Å². The van der Waals surface area contributed by atoms with Crippen LogP contribution in [0.25, 0.3) is 0 Å². The quantitative estimate of drug-likeness (QED) is 0.486. The van der Waals surface area contributed by atoms with Crippen LogP contribution in [-0.4, -0.2) is 18.6 Å². The highest BCUT2D eigenvalue weighted by Gasteiger charge is 2.02. The van der Waals surface area contributed by atoms with E-state index in [1.165, 1.54) is 0 Å². The maximum absolute atomic E-state index is 10.8. The highest BCUT2D eigenvalue weighted by Crippen LogP contribution is 1.94. The van der Waals surface area contributed by atoms with Crippen molar-refractivity contribution in [3.05, 3.63) is 12.2 Å². The van der Waals surface area contributed by atoms with Crippen molar-refractivity contribution in [1.82, 2.24) is 0 Å². The van der Waals surface area contributed by atoms with Crippen LogP contribution in [0.2, 0.25) is 0 Å². The molecule has 64 valence electrons. The lowest BCUT2D eigenvalue weighted by molar-refractivity contribution is -0.139. The molecule has 0 rings (SSSR count). The number of hydrogen-bond acceptors (Lipinski definition) is 3. The molecule has 0 amide bonds. The average Bonchev–Trinajstić information content (AvgIpc) is 1.86. The smallest absolute Gasteiger partial charge is 0.333 e. The Morgan fingerprint density at radius 2 is 2.27 bits per heavy atom. The van der Waals surface area contributed by atoms with Crippen molar-refractivity contribution in [2.75, 3.05) is 6.61 Å². The van der Waals surface area contributed by atoms with Crippen LogP contribution in [0.4, 0.5) is 0 Å². The molecule has 1 unspecified atom stereocenters. The van der Waals surface area contributed by atoms with E-state index in [0.717, 1.165) is 0 Å². The van der Waals surface area contributed by atoms with Crippen molar-refractivity contribution in [2.45, 2.75) is 26.3 Å². The van der Waals surface area contributed by atoms with Crippen molar-refractivity contribution in [1.29, 1.82) is 0 Å². The third-order valence-electron chi connectivity index (χ3n) is 1.15. The van der Waals surface area contributed by atoms with Gasteiger partial charge in [0.25, 0.3) is 0 Å². The molecule has 0 heterocycles. The summed E-state index contributed by atoms with van der Waals surface area (Å²) in [6.45, 7) is 7.31. The van der Waals surface area contributed by atoms with E-state index in [-0.39, 0.29) is 12.0 Å². The van der Waals surface area contributed by atoms with Crippen LogP contribution in [-0.2, 0) is 9.53 Å². The first-order chi connectivity index (χ1) is 5.04. The first-order valence-corrected chi connectivity index (χ1v) is 3.62. The van der Waals surface area contributed by atoms with Gasteiger partial charge in [-0.05, 0) is 20.3 Å². The Labute approximate surface area is 67.2 Å². The van der Waals surface area contributed by atoms with Crippen LogP contribution in [0, 0.1) is 0 Å². The van der Waals surface area contributed by atoms with Gasteiger partial charge in [0, 0.05) is 11.6 Å². The third kappa shape index (κ3) is 5.61. The summed E-state index contributed by atoms with van der Waals surface area (Å²) < 4.78 is 4.80. The molecule has 11 heavy (non-hydrogen) atoms. The first kappa shape index (κ1) is 10.2. The van der Waals surface area contributed by atoms with Crippen molar-refractivity contribution >= 4 is 5.97 Å². The van der Waals surface area contributed by atoms with Crippen LogP contribution >= 0.6 is 0 Å². The van der Waals surface area contributed by atoms with Gasteiger partial charge in [-0.3, -0.25) is 0 Å². The lowest BCUT2D eigenvalue weighted by Gasteiger charge is -2.05. The minimum Gasteiger partial charge on any atom is -0.462 e. The maximum atomic E-state index is 10.8. The molecule has 0 spiro atoms. The molecule has 0 fully saturated rings. The monoisotopic (exact) mass is 157 g/mol. The molecule has 0 saturated heterocycles. The van der Waals surface area contributed by atoms with Crippen LogP contribution in [0.3, 0.4) is 0 Å². The van der Waals surface area contributed by atoms with Gasteiger partial charge in [-0.1, -0.05) is 6.58 Å². The number of carbonyl (C=O) groups is 1. The van der Waals surface area contributed by atoms with Crippen molar-refractivity contribution in [3.8, 4) is 0 Å². The number of carbonyl (C=O) groups excluding carboxylic acids is 1. The van der Waals surface area contributed by atoms with E-state index in [1.54, 1.807) is 6.92 Å². The number of nitrogens with two attached hydrogens (primary N) is 1. The fourth-order valence-corrected chi connectivity index (χ4v) is 0.461. The van der Waals surface area contributed by atoms with E-state index in [1.807, 2.05) is 6.92 Å². The normalized spacial score (nSPS) is 12.3. The van der Waals surface area contributed by atoms with E-state index in [9.17, 15) is 4.79 Å². The summed E-state index contributed by atoms with van der Waals surface area (Å²) in [4.78, 5) is 10.8. The van der Waals surface area contributed by atoms with E-state index >= 15 is 0 Å². The lowest BCUT2D eigenvalue weighted by atomic mass is 10.3. The zero-order valence-corrected chi connectivity index (χ0v) is 7.09. The first-order valence-electron chi connectivity index (χ1n) is 3.62. The lowest BCUT2D eigenvalue weighted by Crippen LogP contribution is -2.18. The molecule has 3 heteroatoms. The van der Waals surface area contributed by atoms with Crippen LogP contribution in [0.15, 0.2) is 12.2 Å². The Balaban J connectivity index is 3.40. The number of rotatable bonds is 4. The summed E-state index contributed by atoms with van der Waals surface area (Å²) in [5.74, 6) is -0.342. The van der Waals surface area contributed by atoms with E-state index < -0.39 is 0 Å². The second kappa shape index (κ2) is 4.91.